The Balaban J connectivity index is 2.31. The molecule has 2 rings (SSSR count). The maximum absolute atomic E-state index is 10.9. The Bertz CT molecular complexity index is 617. The Hall–Kier alpha value is -1.92. The monoisotopic (exact) mass is 322 g/mol. The summed E-state index contributed by atoms with van der Waals surface area (Å²) in [6.07, 6.45) is 0. The minimum absolute atomic E-state index is 0.0680. The third-order valence-electron chi connectivity index (χ3n) is 2.53. The van der Waals surface area contributed by atoms with Crippen LogP contribution in [0.5, 0.6) is 11.5 Å². The van der Waals surface area contributed by atoms with Gasteiger partial charge in [-0.3, -0.25) is 10.1 Å². The fourth-order valence-electron chi connectivity index (χ4n) is 1.58. The van der Waals surface area contributed by atoms with Crippen molar-refractivity contribution in [3.05, 3.63) is 62.6 Å². The molecule has 0 radical (unpaired) electrons. The van der Waals surface area contributed by atoms with Crippen molar-refractivity contribution in [2.24, 2.45) is 5.73 Å². The van der Waals surface area contributed by atoms with Gasteiger partial charge in [-0.25, -0.2) is 0 Å². The largest absolute Gasteiger partial charge is 0.450 e. The van der Waals surface area contributed by atoms with Crippen molar-refractivity contribution >= 4 is 21.6 Å². The summed E-state index contributed by atoms with van der Waals surface area (Å²) < 4.78 is 6.35. The Labute approximate surface area is 118 Å². The van der Waals surface area contributed by atoms with Gasteiger partial charge >= 0.3 is 5.69 Å². The smallest absolute Gasteiger partial charge is 0.311 e. The number of hydrogen-bond acceptors (Lipinski definition) is 4. The van der Waals surface area contributed by atoms with E-state index in [-0.39, 0.29) is 11.4 Å². The molecule has 0 unspecified atom stereocenters. The van der Waals surface area contributed by atoms with Crippen molar-refractivity contribution in [2.75, 3.05) is 0 Å². The standard InChI is InChI=1S/C13H11BrN2O3/c14-11-7-10(6-5-9(11)8-15)19-13-4-2-1-3-12(13)16(17)18/h1-7H,8,15H2. The summed E-state index contributed by atoms with van der Waals surface area (Å²) in [5, 5.41) is 10.9. The summed E-state index contributed by atoms with van der Waals surface area (Å²) in [4.78, 5) is 10.4. The normalized spacial score (nSPS) is 10.2. The van der Waals surface area contributed by atoms with Crippen LogP contribution in [0.3, 0.4) is 0 Å². The Morgan fingerprint density at radius 2 is 2.00 bits per heavy atom. The first kappa shape index (κ1) is 13.5. The number of rotatable bonds is 4. The van der Waals surface area contributed by atoms with Crippen LogP contribution < -0.4 is 10.5 Å². The van der Waals surface area contributed by atoms with Gasteiger partial charge < -0.3 is 10.5 Å². The molecule has 0 bridgehead atoms. The van der Waals surface area contributed by atoms with E-state index in [0.717, 1.165) is 10.0 Å². The van der Waals surface area contributed by atoms with Gasteiger partial charge in [-0.05, 0) is 23.8 Å². The molecule has 5 nitrogen and oxygen atoms in total. The molecule has 0 saturated heterocycles. The fourth-order valence-corrected chi connectivity index (χ4v) is 2.10. The molecule has 0 aliphatic rings. The van der Waals surface area contributed by atoms with Crippen LogP contribution in [0.4, 0.5) is 5.69 Å². The van der Waals surface area contributed by atoms with E-state index in [1.807, 2.05) is 6.07 Å². The van der Waals surface area contributed by atoms with Gasteiger partial charge in [0.25, 0.3) is 0 Å². The van der Waals surface area contributed by atoms with Gasteiger partial charge in [-0.2, -0.15) is 0 Å². The van der Waals surface area contributed by atoms with E-state index in [0.29, 0.717) is 12.3 Å². The van der Waals surface area contributed by atoms with E-state index in [9.17, 15) is 10.1 Å². The molecule has 0 fully saturated rings. The highest BCUT2D eigenvalue weighted by Crippen LogP contribution is 2.32. The van der Waals surface area contributed by atoms with Crippen LogP contribution in [0.1, 0.15) is 5.56 Å². The van der Waals surface area contributed by atoms with E-state index in [1.54, 1.807) is 30.3 Å². The van der Waals surface area contributed by atoms with E-state index >= 15 is 0 Å². The number of benzene rings is 2. The number of ether oxygens (including phenoxy) is 1. The quantitative estimate of drug-likeness (QED) is 0.689. The molecule has 0 atom stereocenters. The molecular weight excluding hydrogens is 312 g/mol. The van der Waals surface area contributed by atoms with Crippen molar-refractivity contribution in [2.45, 2.75) is 6.54 Å². The minimum atomic E-state index is -0.474. The van der Waals surface area contributed by atoms with Gasteiger partial charge in [-0.15, -0.1) is 0 Å². The molecule has 0 aliphatic carbocycles. The van der Waals surface area contributed by atoms with Crippen LogP contribution in [0, 0.1) is 10.1 Å². The number of nitrogens with zero attached hydrogens (tertiary/aromatic N) is 1. The summed E-state index contributed by atoms with van der Waals surface area (Å²) in [6.45, 7) is 0.409. The average Bonchev–Trinajstić information content (AvgIpc) is 2.39. The van der Waals surface area contributed by atoms with Gasteiger partial charge in [0, 0.05) is 17.1 Å². The topological polar surface area (TPSA) is 78.4 Å². The average molecular weight is 323 g/mol. The molecule has 0 amide bonds. The Morgan fingerprint density at radius 3 is 2.63 bits per heavy atom. The van der Waals surface area contributed by atoms with Crippen molar-refractivity contribution < 1.29 is 9.66 Å². The molecular formula is C13H11BrN2O3. The zero-order valence-electron chi connectivity index (χ0n) is 9.88. The summed E-state index contributed by atoms with van der Waals surface area (Å²) in [5.41, 5.74) is 6.43. The van der Waals surface area contributed by atoms with Gasteiger partial charge in [0.2, 0.25) is 5.75 Å². The lowest BCUT2D eigenvalue weighted by atomic mass is 10.2. The maximum Gasteiger partial charge on any atom is 0.311 e. The van der Waals surface area contributed by atoms with Gasteiger partial charge in [0.05, 0.1) is 4.92 Å². The number of halogens is 1. The highest BCUT2D eigenvalue weighted by atomic mass is 79.9. The van der Waals surface area contributed by atoms with Gasteiger partial charge in [0.15, 0.2) is 0 Å². The molecule has 0 aliphatic heterocycles. The highest BCUT2D eigenvalue weighted by molar-refractivity contribution is 9.10. The van der Waals surface area contributed by atoms with Crippen molar-refractivity contribution in [1.29, 1.82) is 0 Å². The predicted octanol–water partition coefficient (Wildman–Crippen LogP) is 3.61. The number of nitro groups is 1. The van der Waals surface area contributed by atoms with Gasteiger partial charge in [-0.1, -0.05) is 34.1 Å². The summed E-state index contributed by atoms with van der Waals surface area (Å²) in [6, 6.07) is 11.5. The number of nitro benzene ring substituents is 1. The molecule has 0 heterocycles. The van der Waals surface area contributed by atoms with Crippen LogP contribution >= 0.6 is 15.9 Å². The van der Waals surface area contributed by atoms with Crippen molar-refractivity contribution in [1.82, 2.24) is 0 Å². The molecule has 0 aromatic heterocycles. The third kappa shape index (κ3) is 3.10. The predicted molar refractivity (Wildman–Crippen MR) is 75.2 cm³/mol. The lowest BCUT2D eigenvalue weighted by Crippen LogP contribution is -1.98. The molecule has 98 valence electrons. The van der Waals surface area contributed by atoms with Crippen LogP contribution in [0.2, 0.25) is 0 Å². The first-order chi connectivity index (χ1) is 9.11. The summed E-state index contributed by atoms with van der Waals surface area (Å²) in [7, 11) is 0. The molecule has 19 heavy (non-hydrogen) atoms. The Morgan fingerprint density at radius 1 is 1.26 bits per heavy atom. The van der Waals surface area contributed by atoms with Crippen molar-refractivity contribution in [3.63, 3.8) is 0 Å². The lowest BCUT2D eigenvalue weighted by molar-refractivity contribution is -0.385. The van der Waals surface area contributed by atoms with Crippen LogP contribution in [0.25, 0.3) is 0 Å². The number of para-hydroxylation sites is 2. The summed E-state index contributed by atoms with van der Waals surface area (Å²) >= 11 is 3.37. The zero-order valence-corrected chi connectivity index (χ0v) is 11.5. The molecule has 2 N–H and O–H groups in total. The second-order valence-corrected chi connectivity index (χ2v) is 4.64. The van der Waals surface area contributed by atoms with Gasteiger partial charge in [0.1, 0.15) is 5.75 Å². The minimum Gasteiger partial charge on any atom is -0.450 e. The third-order valence-corrected chi connectivity index (χ3v) is 3.27. The first-order valence-corrected chi connectivity index (χ1v) is 6.31. The van der Waals surface area contributed by atoms with E-state index in [4.69, 9.17) is 10.5 Å². The number of hydrogen-bond donors (Lipinski definition) is 1. The van der Waals surface area contributed by atoms with E-state index < -0.39 is 4.92 Å². The lowest BCUT2D eigenvalue weighted by Gasteiger charge is -2.08. The van der Waals surface area contributed by atoms with E-state index in [2.05, 4.69) is 15.9 Å². The second-order valence-electron chi connectivity index (χ2n) is 3.78. The molecule has 0 saturated carbocycles. The maximum atomic E-state index is 10.9. The SMILES string of the molecule is NCc1ccc(Oc2ccccc2[N+](=O)[O-])cc1Br. The molecule has 2 aromatic rings. The molecule has 6 heteroatoms. The van der Waals surface area contributed by atoms with Crippen LogP contribution in [-0.4, -0.2) is 4.92 Å². The second kappa shape index (κ2) is 5.81. The molecule has 0 spiro atoms. The van der Waals surface area contributed by atoms with Crippen molar-refractivity contribution in [3.8, 4) is 11.5 Å². The molecule has 2 aromatic carbocycles. The summed E-state index contributed by atoms with van der Waals surface area (Å²) in [5.74, 6) is 0.721. The number of nitrogens with two attached hydrogens (primary N) is 1. The fraction of sp³-hybridized carbons (Fsp3) is 0.0769. The van der Waals surface area contributed by atoms with E-state index in [1.165, 1.54) is 6.07 Å². The Kier molecular flexibility index (Phi) is 4.13. The first-order valence-electron chi connectivity index (χ1n) is 5.51. The van der Waals surface area contributed by atoms with Crippen LogP contribution in [0.15, 0.2) is 46.9 Å². The van der Waals surface area contributed by atoms with Crippen LogP contribution in [-0.2, 0) is 6.54 Å². The zero-order chi connectivity index (χ0) is 13.8. The highest BCUT2D eigenvalue weighted by Gasteiger charge is 2.14.